The molecule has 2 heteroatoms. The molecule has 4 saturated carbocycles. The Balaban J connectivity index is 0.00000115. The molecule has 4 aliphatic carbocycles. The molecule has 0 aromatic heterocycles. The molecule has 0 N–H and O–H groups in total. The summed E-state index contributed by atoms with van der Waals surface area (Å²) < 4.78 is 4.25. The predicted molar refractivity (Wildman–Crippen MR) is 156 cm³/mol. The Morgan fingerprint density at radius 1 is 0.771 bits per heavy atom. The highest BCUT2D eigenvalue weighted by Gasteiger charge is 2.60. The number of ether oxygens (including phenoxy) is 1. The standard InChI is InChI=1S/C25H42O.C2H6O.3C2H6/c1-17(16-26)15-18(2)21-10-11-22-20-9-8-19-7-5-6-13-24(19,3)23(20)12-14-25(21,22)4;1-3-2;3*1-2/h16-23H,5-15H2,1-4H3;1-2H3;3*1-2H3/t17?,18-,19?,20?,21?,22?,23?,24?,25?;;;;/m1..../s1. The number of rotatable bonds is 4. The summed E-state index contributed by atoms with van der Waals surface area (Å²) in [4.78, 5) is 11.2. The monoisotopic (exact) mass is 495 g/mol. The molecular formula is C33H66O2. The largest absolute Gasteiger partial charge is 0.388 e. The number of aldehydes is 1. The molecule has 35 heavy (non-hydrogen) atoms. The molecular weight excluding hydrogens is 428 g/mol. The fourth-order valence-corrected chi connectivity index (χ4v) is 9.08. The molecule has 0 radical (unpaired) electrons. The third kappa shape index (κ3) is 7.81. The molecule has 8 unspecified atom stereocenters. The smallest absolute Gasteiger partial charge is 0.122 e. The predicted octanol–water partition coefficient (Wildman–Crippen LogP) is 10.2. The van der Waals surface area contributed by atoms with E-state index < -0.39 is 0 Å². The minimum atomic E-state index is 0.237. The molecule has 0 aliphatic heterocycles. The summed E-state index contributed by atoms with van der Waals surface area (Å²) in [6, 6.07) is 0. The lowest BCUT2D eigenvalue weighted by atomic mass is 9.44. The molecule has 0 aromatic carbocycles. The molecule has 210 valence electrons. The van der Waals surface area contributed by atoms with Gasteiger partial charge in [0.05, 0.1) is 0 Å². The zero-order valence-corrected chi connectivity index (χ0v) is 26.2. The Labute approximate surface area is 222 Å². The summed E-state index contributed by atoms with van der Waals surface area (Å²) in [5.41, 5.74) is 1.22. The van der Waals surface area contributed by atoms with Crippen LogP contribution in [0.4, 0.5) is 0 Å². The molecule has 4 fully saturated rings. The van der Waals surface area contributed by atoms with Crippen molar-refractivity contribution in [2.45, 2.75) is 140 Å². The zero-order valence-electron chi connectivity index (χ0n) is 26.2. The summed E-state index contributed by atoms with van der Waals surface area (Å²) in [5.74, 6) is 5.83. The van der Waals surface area contributed by atoms with Crippen molar-refractivity contribution >= 4 is 6.29 Å². The van der Waals surface area contributed by atoms with E-state index in [0.717, 1.165) is 36.0 Å². The molecule has 0 spiro atoms. The van der Waals surface area contributed by atoms with Crippen molar-refractivity contribution in [3.63, 3.8) is 0 Å². The van der Waals surface area contributed by atoms with Gasteiger partial charge in [-0.3, -0.25) is 0 Å². The lowest BCUT2D eigenvalue weighted by Gasteiger charge is -2.61. The first-order chi connectivity index (χ1) is 16.8. The number of carbonyl (C=O) groups is 1. The van der Waals surface area contributed by atoms with Crippen molar-refractivity contribution < 1.29 is 9.53 Å². The molecule has 0 bridgehead atoms. The topological polar surface area (TPSA) is 26.3 Å². The minimum Gasteiger partial charge on any atom is -0.388 e. The van der Waals surface area contributed by atoms with Crippen molar-refractivity contribution in [1.82, 2.24) is 0 Å². The van der Waals surface area contributed by atoms with E-state index in [2.05, 4.69) is 32.4 Å². The highest BCUT2D eigenvalue weighted by atomic mass is 16.4. The summed E-state index contributed by atoms with van der Waals surface area (Å²) in [6.07, 6.45) is 17.2. The fourth-order valence-electron chi connectivity index (χ4n) is 9.08. The summed E-state index contributed by atoms with van der Waals surface area (Å²) in [6.45, 7) is 21.9. The van der Waals surface area contributed by atoms with Gasteiger partial charge in [-0.15, -0.1) is 0 Å². The van der Waals surface area contributed by atoms with Gasteiger partial charge in [0.2, 0.25) is 0 Å². The van der Waals surface area contributed by atoms with Crippen LogP contribution in [0.15, 0.2) is 0 Å². The molecule has 0 amide bonds. The van der Waals surface area contributed by atoms with Gasteiger partial charge in [0.1, 0.15) is 6.29 Å². The Morgan fingerprint density at radius 2 is 1.34 bits per heavy atom. The van der Waals surface area contributed by atoms with Crippen LogP contribution in [0.3, 0.4) is 0 Å². The van der Waals surface area contributed by atoms with Gasteiger partial charge in [0.15, 0.2) is 0 Å². The quantitative estimate of drug-likeness (QED) is 0.363. The molecule has 2 nitrogen and oxygen atoms in total. The molecule has 9 atom stereocenters. The van der Waals surface area contributed by atoms with Gasteiger partial charge in [0.25, 0.3) is 0 Å². The Hall–Kier alpha value is -0.370. The van der Waals surface area contributed by atoms with E-state index in [9.17, 15) is 4.79 Å². The number of carbonyl (C=O) groups excluding carboxylic acids is 1. The van der Waals surface area contributed by atoms with Gasteiger partial charge in [-0.1, -0.05) is 82.1 Å². The summed E-state index contributed by atoms with van der Waals surface area (Å²) in [5, 5.41) is 0. The van der Waals surface area contributed by atoms with Gasteiger partial charge in [-0.25, -0.2) is 0 Å². The second-order valence-electron chi connectivity index (χ2n) is 11.9. The second kappa shape index (κ2) is 17.2. The Kier molecular flexibility index (Phi) is 17.0. The van der Waals surface area contributed by atoms with Crippen molar-refractivity contribution in [3.05, 3.63) is 0 Å². The number of hydrogen-bond donors (Lipinski definition) is 0. The van der Waals surface area contributed by atoms with Crippen LogP contribution < -0.4 is 0 Å². The van der Waals surface area contributed by atoms with E-state index in [4.69, 9.17) is 0 Å². The zero-order chi connectivity index (χ0) is 27.2. The SMILES string of the molecule is CC.CC.CC.CC(C=O)C[C@@H](C)C1CCC2C3CCC4CCCCC4(C)C3CCC21C.COC. The number of methoxy groups -OCH3 is 1. The first-order valence-electron chi connectivity index (χ1n) is 15.7. The van der Waals surface area contributed by atoms with Crippen LogP contribution in [-0.4, -0.2) is 20.5 Å². The minimum absolute atomic E-state index is 0.237. The number of fused-ring (bicyclic) bond motifs is 5. The van der Waals surface area contributed by atoms with Crippen LogP contribution in [0.1, 0.15) is 140 Å². The molecule has 0 heterocycles. The molecule has 0 saturated heterocycles. The van der Waals surface area contributed by atoms with Crippen LogP contribution in [0.2, 0.25) is 0 Å². The fraction of sp³-hybridized carbons (Fsp3) is 0.970. The second-order valence-corrected chi connectivity index (χ2v) is 11.9. The third-order valence-corrected chi connectivity index (χ3v) is 10.3. The average molecular weight is 495 g/mol. The lowest BCUT2D eigenvalue weighted by Crippen LogP contribution is -2.53. The first kappa shape index (κ1) is 34.6. The van der Waals surface area contributed by atoms with E-state index in [0.29, 0.717) is 16.7 Å². The average Bonchev–Trinajstić information content (AvgIpc) is 3.25. The van der Waals surface area contributed by atoms with E-state index >= 15 is 0 Å². The summed E-state index contributed by atoms with van der Waals surface area (Å²) in [7, 11) is 3.25. The van der Waals surface area contributed by atoms with E-state index in [1.807, 2.05) is 41.5 Å². The normalized spacial score (nSPS) is 38.3. The maximum atomic E-state index is 11.2. The molecule has 0 aromatic rings. The Bertz CT molecular complexity index is 545. The lowest BCUT2D eigenvalue weighted by molar-refractivity contribution is -0.116. The van der Waals surface area contributed by atoms with E-state index in [1.54, 1.807) is 14.2 Å². The van der Waals surface area contributed by atoms with Gasteiger partial charge >= 0.3 is 0 Å². The van der Waals surface area contributed by atoms with Crippen molar-refractivity contribution in [3.8, 4) is 0 Å². The van der Waals surface area contributed by atoms with Crippen molar-refractivity contribution in [1.29, 1.82) is 0 Å². The van der Waals surface area contributed by atoms with Gasteiger partial charge in [0, 0.05) is 20.1 Å². The van der Waals surface area contributed by atoms with Gasteiger partial charge in [-0.05, 0) is 104 Å². The van der Waals surface area contributed by atoms with Gasteiger partial charge in [-0.2, -0.15) is 0 Å². The van der Waals surface area contributed by atoms with Crippen LogP contribution in [0, 0.1) is 52.3 Å². The van der Waals surface area contributed by atoms with Crippen LogP contribution in [-0.2, 0) is 9.53 Å². The highest BCUT2D eigenvalue weighted by Crippen LogP contribution is 2.68. The third-order valence-electron chi connectivity index (χ3n) is 10.3. The summed E-state index contributed by atoms with van der Waals surface area (Å²) >= 11 is 0. The van der Waals surface area contributed by atoms with Gasteiger partial charge < -0.3 is 9.53 Å². The van der Waals surface area contributed by atoms with E-state index in [1.165, 1.54) is 70.5 Å². The highest BCUT2D eigenvalue weighted by molar-refractivity contribution is 5.52. The van der Waals surface area contributed by atoms with Crippen LogP contribution in [0.25, 0.3) is 0 Å². The number of hydrogen-bond acceptors (Lipinski definition) is 2. The van der Waals surface area contributed by atoms with Crippen LogP contribution in [0.5, 0.6) is 0 Å². The first-order valence-corrected chi connectivity index (χ1v) is 15.7. The molecule has 4 rings (SSSR count). The maximum absolute atomic E-state index is 11.2. The van der Waals surface area contributed by atoms with E-state index in [-0.39, 0.29) is 5.92 Å². The van der Waals surface area contributed by atoms with Crippen molar-refractivity contribution in [2.75, 3.05) is 14.2 Å². The van der Waals surface area contributed by atoms with Crippen LogP contribution >= 0.6 is 0 Å². The Morgan fingerprint density at radius 3 is 1.91 bits per heavy atom. The molecule has 4 aliphatic rings. The maximum Gasteiger partial charge on any atom is 0.122 e. The van der Waals surface area contributed by atoms with Crippen molar-refractivity contribution in [2.24, 2.45) is 52.3 Å².